The molecule has 0 aromatic heterocycles. The van der Waals surface area contributed by atoms with E-state index in [9.17, 15) is 27.1 Å². The number of halogens is 2. The Labute approximate surface area is 279 Å². The van der Waals surface area contributed by atoms with Crippen molar-refractivity contribution in [3.63, 3.8) is 0 Å². The van der Waals surface area contributed by atoms with Crippen LogP contribution in [0.2, 0.25) is 0 Å². The van der Waals surface area contributed by atoms with Crippen molar-refractivity contribution in [1.82, 2.24) is 9.62 Å². The second kappa shape index (κ2) is 15.6. The number of anilines is 2. The van der Waals surface area contributed by atoms with Gasteiger partial charge in [-0.2, -0.15) is 4.31 Å². The molecule has 0 radical (unpaired) electrons. The van der Waals surface area contributed by atoms with Gasteiger partial charge >= 0.3 is 6.09 Å². The summed E-state index contributed by atoms with van der Waals surface area (Å²) in [5.74, 6) is -1.66. The van der Waals surface area contributed by atoms with Crippen LogP contribution in [0.1, 0.15) is 31.4 Å². The zero-order valence-electron chi connectivity index (χ0n) is 26.9. The fraction of sp³-hybridized carbons (Fsp3) is 0.441. The number of hydrogen-bond acceptors (Lipinski definition) is 9. The molecule has 14 heteroatoms. The van der Waals surface area contributed by atoms with Gasteiger partial charge in [0, 0.05) is 31.3 Å². The van der Waals surface area contributed by atoms with Crippen LogP contribution in [0.4, 0.5) is 25.0 Å². The second-order valence-corrected chi connectivity index (χ2v) is 14.5. The van der Waals surface area contributed by atoms with E-state index in [0.717, 1.165) is 17.7 Å². The van der Waals surface area contributed by atoms with E-state index in [4.69, 9.17) is 19.9 Å². The number of carbonyl (C=O) groups excluding carboxylic acids is 1. The second-order valence-electron chi connectivity index (χ2n) is 12.5. The lowest BCUT2D eigenvalue weighted by Gasteiger charge is -2.31. The number of sulfonamides is 1. The minimum Gasteiger partial charge on any atom is -0.443 e. The first kappa shape index (κ1) is 35.5. The van der Waals surface area contributed by atoms with Crippen LogP contribution >= 0.6 is 0 Å². The summed E-state index contributed by atoms with van der Waals surface area (Å²) < 4.78 is 73.7. The van der Waals surface area contributed by atoms with E-state index < -0.39 is 52.3 Å². The van der Waals surface area contributed by atoms with Crippen molar-refractivity contribution in [2.24, 2.45) is 11.8 Å². The van der Waals surface area contributed by atoms with E-state index >= 15 is 0 Å². The summed E-state index contributed by atoms with van der Waals surface area (Å²) in [4.78, 5) is 13.0. The summed E-state index contributed by atoms with van der Waals surface area (Å²) in [5.41, 5.74) is 7.56. The molecule has 260 valence electrons. The number of aliphatic hydroxyl groups is 1. The lowest BCUT2D eigenvalue weighted by molar-refractivity contribution is -0.0907. The monoisotopic (exact) mass is 688 g/mol. The zero-order chi connectivity index (χ0) is 34.4. The molecule has 0 spiro atoms. The highest BCUT2D eigenvalue weighted by molar-refractivity contribution is 7.89. The van der Waals surface area contributed by atoms with E-state index in [1.165, 1.54) is 28.6 Å². The highest BCUT2D eigenvalue weighted by Crippen LogP contribution is 2.33. The molecule has 5 atom stereocenters. The van der Waals surface area contributed by atoms with Crippen molar-refractivity contribution in [2.75, 3.05) is 37.4 Å². The van der Waals surface area contributed by atoms with Crippen LogP contribution in [0.15, 0.2) is 71.6 Å². The lowest BCUT2D eigenvalue weighted by atomic mass is 10.0. The maximum Gasteiger partial charge on any atom is 0.407 e. The first-order valence-corrected chi connectivity index (χ1v) is 17.3. The Morgan fingerprint density at radius 1 is 1.08 bits per heavy atom. The maximum atomic E-state index is 14.2. The molecule has 3 aromatic rings. The maximum absolute atomic E-state index is 14.2. The van der Waals surface area contributed by atoms with Gasteiger partial charge in [0.1, 0.15) is 17.7 Å². The van der Waals surface area contributed by atoms with Gasteiger partial charge in [-0.1, -0.05) is 50.2 Å². The molecule has 11 nitrogen and oxygen atoms in total. The number of ether oxygens (including phenoxy) is 3. The summed E-state index contributed by atoms with van der Waals surface area (Å²) in [6.45, 7) is 4.08. The molecule has 48 heavy (non-hydrogen) atoms. The van der Waals surface area contributed by atoms with E-state index in [2.05, 4.69) is 10.6 Å². The lowest BCUT2D eigenvalue weighted by Crippen LogP contribution is -2.51. The molecule has 0 bridgehead atoms. The van der Waals surface area contributed by atoms with Crippen LogP contribution in [-0.2, 0) is 37.2 Å². The number of hydrogen-bond donors (Lipinski definition) is 4. The zero-order valence-corrected chi connectivity index (χ0v) is 27.7. The SMILES string of the molecule is CC(C)CN(C[C@@H](O)[C@H](Cc1ccccc1)NC(=O)O[C@H]1CO[C@H]2OCC[C@H]21)S(=O)(=O)c1ccc(N)c(NCc2ccc(F)cc2F)c1. The van der Waals surface area contributed by atoms with Crippen LogP contribution in [0, 0.1) is 23.5 Å². The fourth-order valence-electron chi connectivity index (χ4n) is 5.89. The van der Waals surface area contributed by atoms with Gasteiger partial charge in [0.2, 0.25) is 10.0 Å². The number of carbonyl (C=O) groups is 1. The van der Waals surface area contributed by atoms with Gasteiger partial charge in [0.15, 0.2) is 6.29 Å². The van der Waals surface area contributed by atoms with E-state index in [0.29, 0.717) is 13.0 Å². The minimum absolute atomic E-state index is 0.0678. The number of alkyl carbamates (subject to hydrolysis) is 1. The standard InChI is InChI=1S/C34H42F2N4O7S/c1-21(2)18-40(48(43,44)25-10-11-28(37)29(16-25)38-17-23-8-9-24(35)15-27(23)36)19-31(41)30(14-22-6-4-3-5-7-22)39-34(42)47-32-20-46-33-26(32)12-13-45-33/h3-11,15-16,21,26,30-33,38,41H,12-14,17-20,37H2,1-2H3,(H,39,42)/t26-,30-,31+,32-,33+/m0/s1. The Hall–Kier alpha value is -3.82. The third kappa shape index (κ3) is 8.80. The van der Waals surface area contributed by atoms with E-state index in [-0.39, 0.29) is 66.3 Å². The molecule has 5 rings (SSSR count). The summed E-state index contributed by atoms with van der Waals surface area (Å²) in [6, 6.07) is 15.6. The fourth-order valence-corrected chi connectivity index (χ4v) is 7.54. The van der Waals surface area contributed by atoms with Gasteiger partial charge in [0.05, 0.1) is 47.5 Å². The third-order valence-electron chi connectivity index (χ3n) is 8.42. The molecule has 0 aliphatic carbocycles. The smallest absolute Gasteiger partial charge is 0.407 e. The first-order chi connectivity index (χ1) is 22.9. The number of nitrogens with two attached hydrogens (primary N) is 1. The highest BCUT2D eigenvalue weighted by atomic mass is 32.2. The Kier molecular flexibility index (Phi) is 11.5. The Balaban J connectivity index is 1.33. The largest absolute Gasteiger partial charge is 0.443 e. The summed E-state index contributed by atoms with van der Waals surface area (Å²) >= 11 is 0. The number of fused-ring (bicyclic) bond motifs is 1. The molecule has 3 aromatic carbocycles. The number of aliphatic hydroxyl groups excluding tert-OH is 1. The number of rotatable bonds is 14. The predicted octanol–water partition coefficient (Wildman–Crippen LogP) is 4.27. The number of nitrogens with zero attached hydrogens (tertiary/aromatic N) is 1. The molecule has 2 aliphatic heterocycles. The third-order valence-corrected chi connectivity index (χ3v) is 10.2. The first-order valence-electron chi connectivity index (χ1n) is 15.9. The van der Waals surface area contributed by atoms with Crippen molar-refractivity contribution in [3.8, 4) is 0 Å². The molecule has 2 saturated heterocycles. The molecule has 0 saturated carbocycles. The molecule has 2 aliphatic rings. The summed E-state index contributed by atoms with van der Waals surface area (Å²) in [6.07, 6.45) is -2.08. The van der Waals surface area contributed by atoms with Gasteiger partial charge < -0.3 is 35.7 Å². The van der Waals surface area contributed by atoms with Crippen LogP contribution < -0.4 is 16.4 Å². The molecular weight excluding hydrogens is 646 g/mol. The molecule has 0 unspecified atom stereocenters. The van der Waals surface area contributed by atoms with E-state index in [1.54, 1.807) is 0 Å². The van der Waals surface area contributed by atoms with Crippen molar-refractivity contribution in [2.45, 2.75) is 62.7 Å². The van der Waals surface area contributed by atoms with E-state index in [1.807, 2.05) is 44.2 Å². The van der Waals surface area contributed by atoms with Gasteiger partial charge in [-0.25, -0.2) is 22.0 Å². The number of benzene rings is 3. The van der Waals surface area contributed by atoms with Crippen LogP contribution in [0.5, 0.6) is 0 Å². The highest BCUT2D eigenvalue weighted by Gasteiger charge is 2.44. The van der Waals surface area contributed by atoms with Crippen LogP contribution in [-0.4, -0.2) is 74.8 Å². The minimum atomic E-state index is -4.21. The average molecular weight is 689 g/mol. The summed E-state index contributed by atoms with van der Waals surface area (Å²) in [7, 11) is -4.21. The quantitative estimate of drug-likeness (QED) is 0.182. The molecule has 2 heterocycles. The van der Waals surface area contributed by atoms with Crippen LogP contribution in [0.25, 0.3) is 0 Å². The van der Waals surface area contributed by atoms with Gasteiger partial charge in [-0.15, -0.1) is 0 Å². The average Bonchev–Trinajstić information content (AvgIpc) is 3.66. The molecule has 1 amide bonds. The van der Waals surface area contributed by atoms with Gasteiger partial charge in [0.25, 0.3) is 0 Å². The Morgan fingerprint density at radius 3 is 2.58 bits per heavy atom. The van der Waals surface area contributed by atoms with Crippen molar-refractivity contribution < 1.29 is 41.3 Å². The topological polar surface area (TPSA) is 152 Å². The van der Waals surface area contributed by atoms with Crippen molar-refractivity contribution >= 4 is 27.5 Å². The number of amides is 1. The van der Waals surface area contributed by atoms with Gasteiger partial charge in [-0.05, 0) is 48.6 Å². The predicted molar refractivity (Wildman–Crippen MR) is 175 cm³/mol. The van der Waals surface area contributed by atoms with Crippen LogP contribution in [0.3, 0.4) is 0 Å². The Morgan fingerprint density at radius 2 is 1.85 bits per heavy atom. The summed E-state index contributed by atoms with van der Waals surface area (Å²) in [5, 5.41) is 17.3. The van der Waals surface area contributed by atoms with Crippen molar-refractivity contribution in [1.29, 1.82) is 0 Å². The number of nitrogens with one attached hydrogen (secondary N) is 2. The number of nitrogen functional groups attached to an aromatic ring is 1. The molecule has 5 N–H and O–H groups in total. The molecule has 2 fully saturated rings. The normalized spacial score (nSPS) is 20.4. The van der Waals surface area contributed by atoms with Crippen molar-refractivity contribution in [3.05, 3.63) is 89.5 Å². The Bertz CT molecular complexity index is 1660. The molecular formula is C34H42F2N4O7S. The van der Waals surface area contributed by atoms with Gasteiger partial charge in [-0.3, -0.25) is 0 Å².